The molecule has 138 valence electrons. The summed E-state index contributed by atoms with van der Waals surface area (Å²) in [6, 6.07) is 11.1. The zero-order valence-electron chi connectivity index (χ0n) is 16.4. The van der Waals surface area contributed by atoms with Crippen LogP contribution in [0, 0.1) is 6.92 Å². The Morgan fingerprint density at radius 1 is 1.08 bits per heavy atom. The van der Waals surface area contributed by atoms with Crippen molar-refractivity contribution in [2.45, 2.75) is 52.6 Å². The summed E-state index contributed by atoms with van der Waals surface area (Å²) in [4.78, 5) is 21.6. The summed E-state index contributed by atoms with van der Waals surface area (Å²) >= 11 is 0. The largest absolute Gasteiger partial charge is 0.367 e. The summed E-state index contributed by atoms with van der Waals surface area (Å²) in [7, 11) is 0. The van der Waals surface area contributed by atoms with Crippen LogP contribution in [0.5, 0.6) is 0 Å². The Morgan fingerprint density at radius 3 is 2.23 bits per heavy atom. The van der Waals surface area contributed by atoms with Gasteiger partial charge in [-0.05, 0) is 56.0 Å². The molecule has 2 aromatic rings. The third kappa shape index (κ3) is 3.74. The van der Waals surface area contributed by atoms with Gasteiger partial charge in [0.2, 0.25) is 0 Å². The molecule has 4 heteroatoms. The van der Waals surface area contributed by atoms with Crippen molar-refractivity contribution in [3.63, 3.8) is 0 Å². The van der Waals surface area contributed by atoms with Crippen molar-refractivity contribution in [3.8, 4) is 0 Å². The van der Waals surface area contributed by atoms with Crippen molar-refractivity contribution in [3.05, 3.63) is 59.4 Å². The highest BCUT2D eigenvalue weighted by Gasteiger charge is 2.33. The number of aryl methyl sites for hydroxylation is 1. The van der Waals surface area contributed by atoms with E-state index in [4.69, 9.17) is 0 Å². The quantitative estimate of drug-likeness (QED) is 0.829. The Kier molecular flexibility index (Phi) is 5.30. The van der Waals surface area contributed by atoms with E-state index >= 15 is 0 Å². The number of hydrogen-bond acceptors (Lipinski definition) is 3. The number of anilines is 1. The molecule has 0 spiro atoms. The van der Waals surface area contributed by atoms with Gasteiger partial charge < -0.3 is 9.80 Å². The van der Waals surface area contributed by atoms with E-state index in [0.717, 1.165) is 18.7 Å². The standard InChI is InChI=1S/C22H29N3O/c1-15(2)19-6-8-21(9-7-19)24-13-17(4)25(18(5)14-24)22(26)20-10-16(3)11-23-12-20/h6-12,15,17-18H,13-14H2,1-5H3. The van der Waals surface area contributed by atoms with Crippen molar-refractivity contribution in [2.75, 3.05) is 18.0 Å². The van der Waals surface area contributed by atoms with Crippen LogP contribution in [0.2, 0.25) is 0 Å². The molecule has 4 nitrogen and oxygen atoms in total. The summed E-state index contributed by atoms with van der Waals surface area (Å²) in [5.74, 6) is 0.621. The van der Waals surface area contributed by atoms with Crippen LogP contribution in [-0.4, -0.2) is 41.0 Å². The molecule has 0 radical (unpaired) electrons. The molecule has 2 heterocycles. The molecule has 1 aliphatic heterocycles. The number of carbonyl (C=O) groups excluding carboxylic acids is 1. The van der Waals surface area contributed by atoms with E-state index in [0.29, 0.717) is 11.5 Å². The molecule has 2 atom stereocenters. The molecule has 0 aliphatic carbocycles. The van der Waals surface area contributed by atoms with Crippen LogP contribution in [0.25, 0.3) is 0 Å². The van der Waals surface area contributed by atoms with Gasteiger partial charge in [0.15, 0.2) is 0 Å². The second-order valence-electron chi connectivity index (χ2n) is 7.81. The molecular formula is C22H29N3O. The monoisotopic (exact) mass is 351 g/mol. The molecule has 1 amide bonds. The van der Waals surface area contributed by atoms with Gasteiger partial charge in [-0.3, -0.25) is 9.78 Å². The third-order valence-electron chi connectivity index (χ3n) is 5.20. The van der Waals surface area contributed by atoms with Crippen LogP contribution in [0.15, 0.2) is 42.7 Å². The lowest BCUT2D eigenvalue weighted by atomic mass is 10.0. The number of benzene rings is 1. The molecule has 26 heavy (non-hydrogen) atoms. The molecular weight excluding hydrogens is 322 g/mol. The summed E-state index contributed by atoms with van der Waals surface area (Å²) in [6.45, 7) is 12.3. The number of carbonyl (C=O) groups is 1. The topological polar surface area (TPSA) is 36.4 Å². The Morgan fingerprint density at radius 2 is 1.69 bits per heavy atom. The molecule has 3 rings (SSSR count). The molecule has 0 saturated carbocycles. The second-order valence-corrected chi connectivity index (χ2v) is 7.81. The minimum atomic E-state index is 0.0796. The highest BCUT2D eigenvalue weighted by atomic mass is 16.2. The first-order valence-electron chi connectivity index (χ1n) is 9.46. The molecule has 0 N–H and O–H groups in total. The predicted molar refractivity (Wildman–Crippen MR) is 107 cm³/mol. The van der Waals surface area contributed by atoms with Crippen LogP contribution in [0.4, 0.5) is 5.69 Å². The maximum absolute atomic E-state index is 13.0. The number of hydrogen-bond donors (Lipinski definition) is 0. The summed E-state index contributed by atoms with van der Waals surface area (Å²) in [6.07, 6.45) is 3.45. The van der Waals surface area contributed by atoms with E-state index in [-0.39, 0.29) is 18.0 Å². The maximum Gasteiger partial charge on any atom is 0.256 e. The summed E-state index contributed by atoms with van der Waals surface area (Å²) in [5.41, 5.74) is 4.28. The van der Waals surface area contributed by atoms with Crippen molar-refractivity contribution in [2.24, 2.45) is 0 Å². The van der Waals surface area contributed by atoms with E-state index in [1.807, 2.05) is 17.9 Å². The first kappa shape index (κ1) is 18.4. The van der Waals surface area contributed by atoms with Gasteiger partial charge in [0.1, 0.15) is 0 Å². The molecule has 1 aromatic carbocycles. The van der Waals surface area contributed by atoms with E-state index in [1.165, 1.54) is 11.3 Å². The van der Waals surface area contributed by atoms with E-state index < -0.39 is 0 Å². The van der Waals surface area contributed by atoms with Crippen LogP contribution < -0.4 is 4.90 Å². The van der Waals surface area contributed by atoms with Crippen molar-refractivity contribution >= 4 is 11.6 Å². The van der Waals surface area contributed by atoms with E-state index in [1.54, 1.807) is 12.4 Å². The van der Waals surface area contributed by atoms with Crippen LogP contribution >= 0.6 is 0 Å². The number of nitrogens with zero attached hydrogens (tertiary/aromatic N) is 3. The third-order valence-corrected chi connectivity index (χ3v) is 5.20. The van der Waals surface area contributed by atoms with Crippen molar-refractivity contribution in [1.29, 1.82) is 0 Å². The van der Waals surface area contributed by atoms with Crippen LogP contribution in [0.1, 0.15) is 55.1 Å². The average Bonchev–Trinajstić information content (AvgIpc) is 2.61. The lowest BCUT2D eigenvalue weighted by molar-refractivity contribution is 0.0574. The molecule has 2 unspecified atom stereocenters. The summed E-state index contributed by atoms with van der Waals surface area (Å²) in [5, 5.41) is 0. The van der Waals surface area contributed by atoms with Gasteiger partial charge >= 0.3 is 0 Å². The lowest BCUT2D eigenvalue weighted by Gasteiger charge is -2.45. The van der Waals surface area contributed by atoms with Gasteiger partial charge in [-0.1, -0.05) is 26.0 Å². The maximum atomic E-state index is 13.0. The smallest absolute Gasteiger partial charge is 0.256 e. The van der Waals surface area contributed by atoms with Crippen molar-refractivity contribution < 1.29 is 4.79 Å². The van der Waals surface area contributed by atoms with Gasteiger partial charge in [-0.2, -0.15) is 0 Å². The fraction of sp³-hybridized carbons (Fsp3) is 0.455. The van der Waals surface area contributed by atoms with Crippen LogP contribution in [0.3, 0.4) is 0 Å². The van der Waals surface area contributed by atoms with Crippen molar-refractivity contribution in [1.82, 2.24) is 9.88 Å². The zero-order chi connectivity index (χ0) is 18.8. The highest BCUT2D eigenvalue weighted by Crippen LogP contribution is 2.26. The zero-order valence-corrected chi connectivity index (χ0v) is 16.4. The minimum Gasteiger partial charge on any atom is -0.367 e. The number of amides is 1. The predicted octanol–water partition coefficient (Wildman–Crippen LogP) is 4.25. The normalized spacial score (nSPS) is 20.5. The Bertz CT molecular complexity index is 757. The Balaban J connectivity index is 1.75. The number of pyridine rings is 1. The molecule has 1 saturated heterocycles. The fourth-order valence-electron chi connectivity index (χ4n) is 3.82. The van der Waals surface area contributed by atoms with Gasteiger partial charge in [0, 0.05) is 43.3 Å². The minimum absolute atomic E-state index is 0.0796. The van der Waals surface area contributed by atoms with E-state index in [9.17, 15) is 4.79 Å². The Hall–Kier alpha value is -2.36. The fourth-order valence-corrected chi connectivity index (χ4v) is 3.82. The molecule has 1 fully saturated rings. The second kappa shape index (κ2) is 7.48. The van der Waals surface area contributed by atoms with Gasteiger partial charge in [-0.25, -0.2) is 0 Å². The SMILES string of the molecule is Cc1cncc(C(=O)N2C(C)CN(c3ccc(C(C)C)cc3)CC2C)c1. The van der Waals surface area contributed by atoms with Gasteiger partial charge in [-0.15, -0.1) is 0 Å². The first-order chi connectivity index (χ1) is 12.4. The number of aromatic nitrogens is 1. The van der Waals surface area contributed by atoms with Gasteiger partial charge in [0.05, 0.1) is 5.56 Å². The Labute approximate surface area is 156 Å². The summed E-state index contributed by atoms with van der Waals surface area (Å²) < 4.78 is 0. The van der Waals surface area contributed by atoms with Crippen LogP contribution in [-0.2, 0) is 0 Å². The molecule has 0 bridgehead atoms. The highest BCUT2D eigenvalue weighted by molar-refractivity contribution is 5.94. The average molecular weight is 351 g/mol. The molecule has 1 aliphatic rings. The number of rotatable bonds is 3. The lowest BCUT2D eigenvalue weighted by Crippen LogP contribution is -2.58. The van der Waals surface area contributed by atoms with Gasteiger partial charge in [0.25, 0.3) is 5.91 Å². The van der Waals surface area contributed by atoms with E-state index in [2.05, 4.69) is 61.8 Å². The number of piperazine rings is 1. The first-order valence-corrected chi connectivity index (χ1v) is 9.46. The molecule has 1 aromatic heterocycles.